The normalized spacial score (nSPS) is 10.4. The number of methoxy groups -OCH3 is 1. The molecule has 0 unspecified atom stereocenters. The van der Waals surface area contributed by atoms with Gasteiger partial charge < -0.3 is 4.74 Å². The molecule has 1 aromatic carbocycles. The van der Waals surface area contributed by atoms with E-state index in [2.05, 4.69) is 37.0 Å². The van der Waals surface area contributed by atoms with E-state index in [1.165, 1.54) is 18.0 Å². The van der Waals surface area contributed by atoms with Crippen LogP contribution in [0.15, 0.2) is 33.3 Å². The SMILES string of the molecule is COc1cnn(C)c1C(=O)c1cc(Br)cc(Br)c1. The van der Waals surface area contributed by atoms with Crippen molar-refractivity contribution in [2.75, 3.05) is 7.11 Å². The Balaban J connectivity index is 2.50. The quantitative estimate of drug-likeness (QED) is 0.776. The van der Waals surface area contributed by atoms with E-state index >= 15 is 0 Å². The van der Waals surface area contributed by atoms with Crippen molar-refractivity contribution in [3.05, 3.63) is 44.6 Å². The van der Waals surface area contributed by atoms with Gasteiger partial charge in [0.1, 0.15) is 0 Å². The van der Waals surface area contributed by atoms with Crippen LogP contribution in [0.1, 0.15) is 16.1 Å². The van der Waals surface area contributed by atoms with Crippen LogP contribution in [0.5, 0.6) is 5.75 Å². The van der Waals surface area contributed by atoms with E-state index in [0.29, 0.717) is 17.0 Å². The first-order chi connectivity index (χ1) is 8.52. The predicted octanol–water partition coefficient (Wildman–Crippen LogP) is 3.18. The zero-order valence-corrected chi connectivity index (χ0v) is 12.9. The summed E-state index contributed by atoms with van der Waals surface area (Å²) in [5.74, 6) is 0.340. The smallest absolute Gasteiger partial charge is 0.214 e. The molecule has 0 fully saturated rings. The molecule has 0 radical (unpaired) electrons. The van der Waals surface area contributed by atoms with Crippen molar-refractivity contribution >= 4 is 37.6 Å². The van der Waals surface area contributed by atoms with Crippen molar-refractivity contribution in [2.24, 2.45) is 7.05 Å². The molecule has 2 aromatic rings. The minimum absolute atomic E-state index is 0.131. The van der Waals surface area contributed by atoms with Crippen LogP contribution in [0.25, 0.3) is 0 Å². The number of hydrogen-bond acceptors (Lipinski definition) is 3. The van der Waals surface area contributed by atoms with Crippen molar-refractivity contribution < 1.29 is 9.53 Å². The molecule has 0 bridgehead atoms. The number of hydrogen-bond donors (Lipinski definition) is 0. The topological polar surface area (TPSA) is 44.1 Å². The number of halogens is 2. The van der Waals surface area contributed by atoms with Crippen molar-refractivity contribution in [1.82, 2.24) is 9.78 Å². The Kier molecular flexibility index (Phi) is 3.87. The van der Waals surface area contributed by atoms with Gasteiger partial charge in [-0.05, 0) is 18.2 Å². The van der Waals surface area contributed by atoms with Gasteiger partial charge in [0.15, 0.2) is 11.4 Å². The summed E-state index contributed by atoms with van der Waals surface area (Å²) in [4.78, 5) is 12.4. The lowest BCUT2D eigenvalue weighted by Gasteiger charge is -2.05. The molecule has 6 heteroatoms. The molecule has 0 saturated carbocycles. The average Bonchev–Trinajstić information content (AvgIpc) is 2.68. The molecule has 0 spiro atoms. The number of ether oxygens (including phenoxy) is 1. The minimum Gasteiger partial charge on any atom is -0.493 e. The van der Waals surface area contributed by atoms with Crippen LogP contribution in [0.2, 0.25) is 0 Å². The molecule has 0 N–H and O–H groups in total. The highest BCUT2D eigenvalue weighted by Crippen LogP contribution is 2.25. The highest BCUT2D eigenvalue weighted by atomic mass is 79.9. The summed E-state index contributed by atoms with van der Waals surface area (Å²) >= 11 is 6.73. The van der Waals surface area contributed by atoms with Crippen molar-refractivity contribution in [3.8, 4) is 5.75 Å². The van der Waals surface area contributed by atoms with Crippen LogP contribution < -0.4 is 4.74 Å². The van der Waals surface area contributed by atoms with Crippen molar-refractivity contribution in [2.45, 2.75) is 0 Å². The number of carbonyl (C=O) groups is 1. The molecule has 18 heavy (non-hydrogen) atoms. The fourth-order valence-corrected chi connectivity index (χ4v) is 2.94. The number of carbonyl (C=O) groups excluding carboxylic acids is 1. The number of nitrogens with zero attached hydrogens (tertiary/aromatic N) is 2. The second-order valence-electron chi connectivity index (χ2n) is 3.67. The van der Waals surface area contributed by atoms with E-state index in [0.717, 1.165) is 8.95 Å². The molecular weight excluding hydrogens is 364 g/mol. The number of benzene rings is 1. The summed E-state index contributed by atoms with van der Waals surface area (Å²) in [6.45, 7) is 0. The van der Waals surface area contributed by atoms with Gasteiger partial charge in [-0.15, -0.1) is 0 Å². The van der Waals surface area contributed by atoms with Crippen molar-refractivity contribution in [1.29, 1.82) is 0 Å². The third-order valence-electron chi connectivity index (χ3n) is 2.46. The highest BCUT2D eigenvalue weighted by Gasteiger charge is 2.19. The lowest BCUT2D eigenvalue weighted by Crippen LogP contribution is -2.09. The van der Waals surface area contributed by atoms with Crippen LogP contribution in [0.4, 0.5) is 0 Å². The minimum atomic E-state index is -0.131. The van der Waals surface area contributed by atoms with E-state index in [4.69, 9.17) is 4.74 Å². The molecule has 0 aliphatic carbocycles. The van der Waals surface area contributed by atoms with Gasteiger partial charge in [0, 0.05) is 21.6 Å². The van der Waals surface area contributed by atoms with Crippen LogP contribution in [0, 0.1) is 0 Å². The van der Waals surface area contributed by atoms with Crippen molar-refractivity contribution in [3.63, 3.8) is 0 Å². The Bertz CT molecular complexity index is 588. The Labute approximate surface area is 121 Å². The van der Waals surface area contributed by atoms with Gasteiger partial charge in [-0.25, -0.2) is 0 Å². The Morgan fingerprint density at radius 1 is 1.28 bits per heavy atom. The summed E-state index contributed by atoms with van der Waals surface area (Å²) in [7, 11) is 3.23. The molecule has 0 atom stereocenters. The van der Waals surface area contributed by atoms with Gasteiger partial charge in [0.2, 0.25) is 5.78 Å². The fraction of sp³-hybridized carbons (Fsp3) is 0.167. The average molecular weight is 374 g/mol. The summed E-state index contributed by atoms with van der Waals surface area (Å²) < 4.78 is 8.32. The maximum atomic E-state index is 12.4. The van der Waals surface area contributed by atoms with Gasteiger partial charge in [0.05, 0.1) is 13.3 Å². The molecule has 0 saturated heterocycles. The molecule has 0 aliphatic rings. The van der Waals surface area contributed by atoms with E-state index in [1.54, 1.807) is 19.2 Å². The summed E-state index contributed by atoms with van der Waals surface area (Å²) in [6, 6.07) is 5.40. The molecule has 1 aromatic heterocycles. The number of aromatic nitrogens is 2. The van der Waals surface area contributed by atoms with Gasteiger partial charge in [-0.2, -0.15) is 5.10 Å². The van der Waals surface area contributed by atoms with E-state index in [-0.39, 0.29) is 5.78 Å². The monoisotopic (exact) mass is 372 g/mol. The lowest BCUT2D eigenvalue weighted by atomic mass is 10.1. The maximum absolute atomic E-state index is 12.4. The first-order valence-electron chi connectivity index (χ1n) is 5.09. The second-order valence-corrected chi connectivity index (χ2v) is 5.50. The zero-order valence-electron chi connectivity index (χ0n) is 9.78. The Morgan fingerprint density at radius 2 is 1.89 bits per heavy atom. The van der Waals surface area contributed by atoms with Crippen LogP contribution in [0.3, 0.4) is 0 Å². The van der Waals surface area contributed by atoms with E-state index in [1.807, 2.05) is 6.07 Å². The third-order valence-corrected chi connectivity index (χ3v) is 3.38. The molecule has 0 aliphatic heterocycles. The van der Waals surface area contributed by atoms with Gasteiger partial charge >= 0.3 is 0 Å². The first kappa shape index (κ1) is 13.3. The number of rotatable bonds is 3. The van der Waals surface area contributed by atoms with E-state index < -0.39 is 0 Å². The Hall–Kier alpha value is -1.14. The zero-order chi connectivity index (χ0) is 13.3. The molecule has 4 nitrogen and oxygen atoms in total. The summed E-state index contributed by atoms with van der Waals surface area (Å²) in [5, 5.41) is 4.03. The summed E-state index contributed by atoms with van der Waals surface area (Å²) in [5.41, 5.74) is 1.00. The summed E-state index contributed by atoms with van der Waals surface area (Å²) in [6.07, 6.45) is 1.53. The van der Waals surface area contributed by atoms with Gasteiger partial charge in [-0.1, -0.05) is 31.9 Å². The standard InChI is InChI=1S/C12H10Br2N2O2/c1-16-11(10(18-2)6-15-16)12(17)7-3-8(13)5-9(14)4-7/h3-6H,1-2H3. The number of aryl methyl sites for hydroxylation is 1. The third kappa shape index (κ3) is 2.49. The van der Waals surface area contributed by atoms with E-state index in [9.17, 15) is 4.79 Å². The van der Waals surface area contributed by atoms with Gasteiger partial charge in [0.25, 0.3) is 0 Å². The predicted molar refractivity (Wildman–Crippen MR) is 75.0 cm³/mol. The largest absolute Gasteiger partial charge is 0.493 e. The fourth-order valence-electron chi connectivity index (χ4n) is 1.65. The molecular formula is C12H10Br2N2O2. The molecule has 0 amide bonds. The molecule has 1 heterocycles. The van der Waals surface area contributed by atoms with Crippen LogP contribution in [-0.4, -0.2) is 22.7 Å². The second kappa shape index (κ2) is 5.24. The maximum Gasteiger partial charge on any atom is 0.214 e. The number of ketones is 1. The van der Waals surface area contributed by atoms with Crippen LogP contribution >= 0.6 is 31.9 Å². The molecule has 94 valence electrons. The molecule has 2 rings (SSSR count). The first-order valence-corrected chi connectivity index (χ1v) is 6.68. The van der Waals surface area contributed by atoms with Crippen LogP contribution in [-0.2, 0) is 7.05 Å². The van der Waals surface area contributed by atoms with Gasteiger partial charge in [-0.3, -0.25) is 9.48 Å². The lowest BCUT2D eigenvalue weighted by molar-refractivity contribution is 0.102. The Morgan fingerprint density at radius 3 is 2.44 bits per heavy atom. The highest BCUT2D eigenvalue weighted by molar-refractivity contribution is 9.11.